The van der Waals surface area contributed by atoms with Crippen molar-refractivity contribution in [2.75, 3.05) is 0 Å². The van der Waals surface area contributed by atoms with Gasteiger partial charge in [-0.2, -0.15) is 0 Å². The zero-order valence-electron chi connectivity index (χ0n) is 9.59. The zero-order chi connectivity index (χ0) is 10.8. The number of carboxylic acid groups (broad SMARTS) is 1. The molecular weight excluding hydrogens is 176 g/mol. The molecule has 1 atom stereocenters. The van der Waals surface area contributed by atoms with E-state index in [0.29, 0.717) is 0 Å². The lowest BCUT2D eigenvalue weighted by atomic mass is 10.0. The average Bonchev–Trinajstić information content (AvgIpc) is 2.16. The number of carbonyl (C=O) groups is 1. The van der Waals surface area contributed by atoms with Gasteiger partial charge in [-0.3, -0.25) is 4.79 Å². The molecule has 2 heteroatoms. The van der Waals surface area contributed by atoms with Crippen molar-refractivity contribution in [2.45, 2.75) is 65.2 Å². The molecular formula is C12H24O2. The third kappa shape index (κ3) is 8.09. The first-order valence-corrected chi connectivity index (χ1v) is 5.91. The molecule has 0 amide bonds. The molecule has 0 aliphatic heterocycles. The molecule has 0 bridgehead atoms. The third-order valence-electron chi connectivity index (χ3n) is 2.66. The summed E-state index contributed by atoms with van der Waals surface area (Å²) in [6.45, 7) is 4.01. The molecule has 0 heterocycles. The molecule has 0 aromatic carbocycles. The molecule has 0 saturated carbocycles. The minimum Gasteiger partial charge on any atom is -0.481 e. The van der Waals surface area contributed by atoms with Crippen molar-refractivity contribution in [3.05, 3.63) is 0 Å². The largest absolute Gasteiger partial charge is 0.481 e. The second-order valence-corrected chi connectivity index (χ2v) is 4.15. The van der Waals surface area contributed by atoms with Crippen molar-refractivity contribution >= 4 is 5.97 Å². The average molecular weight is 200 g/mol. The predicted molar refractivity (Wildman–Crippen MR) is 59.4 cm³/mol. The van der Waals surface area contributed by atoms with Crippen molar-refractivity contribution in [1.82, 2.24) is 0 Å². The van der Waals surface area contributed by atoms with Crippen LogP contribution in [0.4, 0.5) is 0 Å². The van der Waals surface area contributed by atoms with E-state index in [-0.39, 0.29) is 5.92 Å². The van der Waals surface area contributed by atoms with Crippen LogP contribution in [0.5, 0.6) is 0 Å². The fourth-order valence-electron chi connectivity index (χ4n) is 1.53. The molecule has 0 radical (unpaired) electrons. The van der Waals surface area contributed by atoms with E-state index in [0.717, 1.165) is 12.8 Å². The summed E-state index contributed by atoms with van der Waals surface area (Å²) in [7, 11) is 0. The van der Waals surface area contributed by atoms with Gasteiger partial charge in [-0.05, 0) is 6.42 Å². The molecule has 0 spiro atoms. The van der Waals surface area contributed by atoms with Gasteiger partial charge in [-0.25, -0.2) is 0 Å². The van der Waals surface area contributed by atoms with Crippen molar-refractivity contribution < 1.29 is 9.90 Å². The number of rotatable bonds is 9. The van der Waals surface area contributed by atoms with Gasteiger partial charge in [0.05, 0.1) is 5.92 Å². The Hall–Kier alpha value is -0.530. The fourth-order valence-corrected chi connectivity index (χ4v) is 1.53. The summed E-state index contributed by atoms with van der Waals surface area (Å²) >= 11 is 0. The number of hydrogen-bond acceptors (Lipinski definition) is 1. The Morgan fingerprint density at radius 2 is 1.57 bits per heavy atom. The van der Waals surface area contributed by atoms with E-state index in [4.69, 9.17) is 5.11 Å². The summed E-state index contributed by atoms with van der Waals surface area (Å²) in [6, 6.07) is 0. The van der Waals surface area contributed by atoms with Crippen molar-refractivity contribution in [3.8, 4) is 0 Å². The molecule has 1 N–H and O–H groups in total. The second kappa shape index (κ2) is 9.04. The molecule has 14 heavy (non-hydrogen) atoms. The van der Waals surface area contributed by atoms with E-state index < -0.39 is 5.97 Å². The standard InChI is InChI=1S/C12H24O2/c1-3-4-5-6-7-8-9-10-11(2)12(13)14/h11H,3-10H2,1-2H3,(H,13,14)/t11-/m0/s1. The Balaban J connectivity index is 3.09. The van der Waals surface area contributed by atoms with Gasteiger partial charge >= 0.3 is 5.97 Å². The highest BCUT2D eigenvalue weighted by atomic mass is 16.4. The topological polar surface area (TPSA) is 37.3 Å². The molecule has 0 aromatic heterocycles. The summed E-state index contributed by atoms with van der Waals surface area (Å²) in [5.74, 6) is -0.818. The van der Waals surface area contributed by atoms with E-state index in [1.54, 1.807) is 6.92 Å². The van der Waals surface area contributed by atoms with Crippen molar-refractivity contribution in [2.24, 2.45) is 5.92 Å². The molecule has 84 valence electrons. The molecule has 2 nitrogen and oxygen atoms in total. The lowest BCUT2D eigenvalue weighted by Gasteiger charge is -2.05. The first-order chi connectivity index (χ1) is 6.68. The predicted octanol–water partition coefficient (Wildman–Crippen LogP) is 3.85. The second-order valence-electron chi connectivity index (χ2n) is 4.15. The zero-order valence-corrected chi connectivity index (χ0v) is 9.59. The van der Waals surface area contributed by atoms with Crippen LogP contribution in [-0.2, 0) is 4.79 Å². The number of carboxylic acids is 1. The molecule has 0 rings (SSSR count). The third-order valence-corrected chi connectivity index (χ3v) is 2.66. The number of aliphatic carboxylic acids is 1. The quantitative estimate of drug-likeness (QED) is 0.574. The van der Waals surface area contributed by atoms with E-state index in [9.17, 15) is 4.79 Å². The number of hydrogen-bond donors (Lipinski definition) is 1. The van der Waals surface area contributed by atoms with Crippen LogP contribution in [-0.4, -0.2) is 11.1 Å². The van der Waals surface area contributed by atoms with E-state index in [1.807, 2.05) is 0 Å². The molecule has 0 saturated heterocycles. The van der Waals surface area contributed by atoms with Crippen LogP contribution in [0.1, 0.15) is 65.2 Å². The Morgan fingerprint density at radius 3 is 2.07 bits per heavy atom. The van der Waals surface area contributed by atoms with Crippen LogP contribution in [0, 0.1) is 5.92 Å². The van der Waals surface area contributed by atoms with Crippen LogP contribution in [0.2, 0.25) is 0 Å². The minimum atomic E-state index is -0.656. The highest BCUT2D eigenvalue weighted by molar-refractivity contribution is 5.69. The smallest absolute Gasteiger partial charge is 0.306 e. The molecule has 0 unspecified atom stereocenters. The first kappa shape index (κ1) is 13.5. The lowest BCUT2D eigenvalue weighted by molar-refractivity contribution is -0.141. The summed E-state index contributed by atoms with van der Waals surface area (Å²) in [6.07, 6.45) is 9.65. The normalized spacial score (nSPS) is 12.7. The molecule has 0 aromatic rings. The summed E-state index contributed by atoms with van der Waals surface area (Å²) < 4.78 is 0. The van der Waals surface area contributed by atoms with Crippen molar-refractivity contribution in [1.29, 1.82) is 0 Å². The van der Waals surface area contributed by atoms with E-state index in [1.165, 1.54) is 38.5 Å². The van der Waals surface area contributed by atoms with Gasteiger partial charge in [0.15, 0.2) is 0 Å². The summed E-state index contributed by atoms with van der Waals surface area (Å²) in [5, 5.41) is 8.65. The summed E-state index contributed by atoms with van der Waals surface area (Å²) in [5.41, 5.74) is 0. The Kier molecular flexibility index (Phi) is 8.70. The van der Waals surface area contributed by atoms with Crippen LogP contribution in [0.25, 0.3) is 0 Å². The van der Waals surface area contributed by atoms with Gasteiger partial charge < -0.3 is 5.11 Å². The SMILES string of the molecule is CCCCCCCCC[C@H](C)C(=O)O. The van der Waals surface area contributed by atoms with Crippen molar-refractivity contribution in [3.63, 3.8) is 0 Å². The van der Waals surface area contributed by atoms with Gasteiger partial charge in [0.1, 0.15) is 0 Å². The number of unbranched alkanes of at least 4 members (excludes halogenated alkanes) is 6. The molecule has 0 fully saturated rings. The maximum Gasteiger partial charge on any atom is 0.306 e. The van der Waals surface area contributed by atoms with Gasteiger partial charge in [0.2, 0.25) is 0 Å². The van der Waals surface area contributed by atoms with Crippen LogP contribution in [0.15, 0.2) is 0 Å². The van der Waals surface area contributed by atoms with Gasteiger partial charge in [0.25, 0.3) is 0 Å². The highest BCUT2D eigenvalue weighted by Gasteiger charge is 2.09. The maximum atomic E-state index is 10.5. The maximum absolute atomic E-state index is 10.5. The Labute approximate surface area is 87.7 Å². The Morgan fingerprint density at radius 1 is 1.07 bits per heavy atom. The lowest BCUT2D eigenvalue weighted by Crippen LogP contribution is -2.08. The van der Waals surface area contributed by atoms with Crippen LogP contribution in [0.3, 0.4) is 0 Å². The first-order valence-electron chi connectivity index (χ1n) is 5.91. The minimum absolute atomic E-state index is 0.161. The van der Waals surface area contributed by atoms with Gasteiger partial charge in [0, 0.05) is 0 Å². The van der Waals surface area contributed by atoms with Gasteiger partial charge in [-0.15, -0.1) is 0 Å². The summed E-state index contributed by atoms with van der Waals surface area (Å²) in [4.78, 5) is 10.5. The monoisotopic (exact) mass is 200 g/mol. The van der Waals surface area contributed by atoms with Crippen LogP contribution >= 0.6 is 0 Å². The Bertz CT molecular complexity index is 143. The fraction of sp³-hybridized carbons (Fsp3) is 0.917. The van der Waals surface area contributed by atoms with Gasteiger partial charge in [-0.1, -0.05) is 58.8 Å². The molecule has 0 aliphatic carbocycles. The highest BCUT2D eigenvalue weighted by Crippen LogP contribution is 2.12. The van der Waals surface area contributed by atoms with E-state index >= 15 is 0 Å². The van der Waals surface area contributed by atoms with Crippen LogP contribution < -0.4 is 0 Å². The van der Waals surface area contributed by atoms with E-state index in [2.05, 4.69) is 6.92 Å². The molecule has 0 aliphatic rings.